The average Bonchev–Trinajstić information content (AvgIpc) is 3.36. The number of nitrogens with zero attached hydrogens (tertiary/aromatic N) is 4. The van der Waals surface area contributed by atoms with Crippen molar-refractivity contribution in [1.82, 2.24) is 13.7 Å². The average molecular weight is 427 g/mol. The molecule has 6 nitrogen and oxygen atoms in total. The van der Waals surface area contributed by atoms with Gasteiger partial charge in [-0.15, -0.1) is 0 Å². The Morgan fingerprint density at radius 3 is 2.41 bits per heavy atom. The van der Waals surface area contributed by atoms with Gasteiger partial charge in [0.15, 0.2) is 0 Å². The summed E-state index contributed by atoms with van der Waals surface area (Å²) in [5, 5.41) is 1.42. The lowest BCUT2D eigenvalue weighted by Gasteiger charge is -2.34. The van der Waals surface area contributed by atoms with Crippen LogP contribution in [0.2, 0.25) is 5.02 Å². The van der Waals surface area contributed by atoms with Crippen molar-refractivity contribution in [3.05, 3.63) is 40.7 Å². The van der Waals surface area contributed by atoms with Crippen molar-refractivity contribution >= 4 is 38.3 Å². The van der Waals surface area contributed by atoms with Crippen LogP contribution in [0.5, 0.6) is 0 Å². The number of aromatic nitrogens is 2. The Balaban J connectivity index is 1.36. The van der Waals surface area contributed by atoms with Crippen molar-refractivity contribution in [2.24, 2.45) is 0 Å². The fourth-order valence-electron chi connectivity index (χ4n) is 3.76. The molecule has 2 heterocycles. The van der Waals surface area contributed by atoms with Gasteiger partial charge in [0.1, 0.15) is 5.82 Å². The summed E-state index contributed by atoms with van der Waals surface area (Å²) in [4.78, 5) is 6.79. The molecule has 0 atom stereocenters. The molecule has 0 radical (unpaired) electrons. The van der Waals surface area contributed by atoms with Crippen molar-refractivity contribution in [1.29, 1.82) is 0 Å². The molecule has 1 saturated carbocycles. The maximum atomic E-state index is 12.7. The van der Waals surface area contributed by atoms with E-state index in [0.29, 0.717) is 32.6 Å². The molecule has 1 saturated heterocycles. The second-order valence-corrected chi connectivity index (χ2v) is 10.5. The van der Waals surface area contributed by atoms with Gasteiger partial charge >= 0.3 is 0 Å². The molecule has 2 fully saturated rings. The molecule has 4 rings (SSSR count). The van der Waals surface area contributed by atoms with Crippen LogP contribution >= 0.6 is 23.1 Å². The van der Waals surface area contributed by atoms with Gasteiger partial charge in [0.2, 0.25) is 15.2 Å². The van der Waals surface area contributed by atoms with Gasteiger partial charge in [-0.2, -0.15) is 8.68 Å². The summed E-state index contributed by atoms with van der Waals surface area (Å²) >= 11 is 7.31. The number of piperazine rings is 1. The van der Waals surface area contributed by atoms with Gasteiger partial charge < -0.3 is 4.90 Å². The Labute approximate surface area is 169 Å². The summed E-state index contributed by atoms with van der Waals surface area (Å²) in [5.74, 6) is 0.790. The van der Waals surface area contributed by atoms with Crippen LogP contribution in [0.15, 0.2) is 24.3 Å². The highest BCUT2D eigenvalue weighted by Crippen LogP contribution is 2.28. The van der Waals surface area contributed by atoms with Crippen LogP contribution in [0, 0.1) is 0 Å². The van der Waals surface area contributed by atoms with Gasteiger partial charge in [-0.05, 0) is 30.5 Å². The molecule has 2 aromatic rings. The number of halogens is 1. The molecule has 0 N–H and O–H groups in total. The molecule has 0 spiro atoms. The van der Waals surface area contributed by atoms with Crippen molar-refractivity contribution in [3.63, 3.8) is 0 Å². The Bertz CT molecular complexity index is 871. The first-order valence-electron chi connectivity index (χ1n) is 9.33. The van der Waals surface area contributed by atoms with Gasteiger partial charge in [0.25, 0.3) is 0 Å². The Kier molecular flexibility index (Phi) is 5.68. The van der Waals surface area contributed by atoms with E-state index in [1.54, 1.807) is 4.31 Å². The van der Waals surface area contributed by atoms with Gasteiger partial charge in [-0.3, -0.25) is 0 Å². The zero-order valence-corrected chi connectivity index (χ0v) is 17.4. The molecule has 1 aromatic carbocycles. The predicted molar refractivity (Wildman–Crippen MR) is 109 cm³/mol. The molecule has 0 unspecified atom stereocenters. The van der Waals surface area contributed by atoms with Crippen LogP contribution in [0.25, 0.3) is 0 Å². The highest BCUT2D eigenvalue weighted by Gasteiger charge is 2.36. The minimum Gasteiger partial charge on any atom is -0.344 e. The SMILES string of the molecule is O=S(=O)(C1CCCC1)N1CCN(c2nc(Cc3ccc(Cl)cc3)ns2)CC1. The molecular formula is C18H23ClN4O2S2. The number of rotatable bonds is 5. The lowest BCUT2D eigenvalue weighted by molar-refractivity contribution is 0.378. The van der Waals surface area contributed by atoms with E-state index in [2.05, 4.69) is 14.3 Å². The van der Waals surface area contributed by atoms with Crippen LogP contribution in [0.3, 0.4) is 0 Å². The lowest BCUT2D eigenvalue weighted by atomic mass is 10.1. The number of anilines is 1. The summed E-state index contributed by atoms with van der Waals surface area (Å²) in [6.45, 7) is 2.40. The molecular weight excluding hydrogens is 404 g/mol. The van der Waals surface area contributed by atoms with E-state index in [4.69, 9.17) is 11.6 Å². The third kappa shape index (κ3) is 4.29. The van der Waals surface area contributed by atoms with Crippen molar-refractivity contribution in [3.8, 4) is 0 Å². The summed E-state index contributed by atoms with van der Waals surface area (Å²) in [7, 11) is -3.14. The molecule has 9 heteroatoms. The normalized spacial score (nSPS) is 19.7. The first-order chi connectivity index (χ1) is 13.0. The molecule has 1 aliphatic carbocycles. The number of hydrogen-bond acceptors (Lipinski definition) is 6. The zero-order valence-electron chi connectivity index (χ0n) is 15.1. The summed E-state index contributed by atoms with van der Waals surface area (Å²) in [5.41, 5.74) is 1.12. The van der Waals surface area contributed by atoms with Crippen LogP contribution in [0.4, 0.5) is 5.13 Å². The maximum Gasteiger partial charge on any atom is 0.217 e. The summed E-state index contributed by atoms with van der Waals surface area (Å²) in [6.07, 6.45) is 4.36. The van der Waals surface area contributed by atoms with Crippen LogP contribution in [0.1, 0.15) is 37.1 Å². The van der Waals surface area contributed by atoms with Crippen LogP contribution < -0.4 is 4.90 Å². The Hall–Kier alpha value is -1.22. The summed E-state index contributed by atoms with van der Waals surface area (Å²) in [6, 6.07) is 7.70. The van der Waals surface area contributed by atoms with E-state index in [-0.39, 0.29) is 5.25 Å². The smallest absolute Gasteiger partial charge is 0.217 e. The first kappa shape index (κ1) is 19.1. The number of benzene rings is 1. The number of sulfonamides is 1. The molecule has 1 aromatic heterocycles. The minimum atomic E-state index is -3.14. The third-order valence-corrected chi connectivity index (χ3v) is 8.79. The summed E-state index contributed by atoms with van der Waals surface area (Å²) < 4.78 is 31.6. The standard InChI is InChI=1S/C18H23ClN4O2S2/c19-15-7-5-14(6-8-15)13-17-20-18(26-21-17)22-9-11-23(12-10-22)27(24,25)16-3-1-2-4-16/h5-8,16H,1-4,9-13H2. The third-order valence-electron chi connectivity index (χ3n) is 5.33. The van der Waals surface area contributed by atoms with Crippen molar-refractivity contribution < 1.29 is 8.42 Å². The van der Waals surface area contributed by atoms with Gasteiger partial charge in [-0.25, -0.2) is 13.4 Å². The highest BCUT2D eigenvalue weighted by atomic mass is 35.5. The number of hydrogen-bond donors (Lipinski definition) is 0. The molecule has 1 aliphatic heterocycles. The first-order valence-corrected chi connectivity index (χ1v) is 12.0. The fraction of sp³-hybridized carbons (Fsp3) is 0.556. The van der Waals surface area contributed by atoms with Gasteiger partial charge in [0.05, 0.1) is 5.25 Å². The lowest BCUT2D eigenvalue weighted by Crippen LogP contribution is -2.50. The Morgan fingerprint density at radius 1 is 1.07 bits per heavy atom. The van der Waals surface area contributed by atoms with Gasteiger partial charge in [-0.1, -0.05) is 36.6 Å². The second kappa shape index (κ2) is 8.03. The van der Waals surface area contributed by atoms with E-state index in [1.165, 1.54) is 11.5 Å². The second-order valence-electron chi connectivity index (χ2n) is 7.13. The topological polar surface area (TPSA) is 66.4 Å². The fourth-order valence-corrected chi connectivity index (χ4v) is 6.65. The van der Waals surface area contributed by atoms with Crippen LogP contribution in [-0.4, -0.2) is 53.5 Å². The van der Waals surface area contributed by atoms with E-state index in [0.717, 1.165) is 47.2 Å². The highest BCUT2D eigenvalue weighted by molar-refractivity contribution is 7.89. The minimum absolute atomic E-state index is 0.170. The largest absolute Gasteiger partial charge is 0.344 e. The molecule has 0 bridgehead atoms. The quantitative estimate of drug-likeness (QED) is 0.734. The van der Waals surface area contributed by atoms with Crippen molar-refractivity contribution in [2.75, 3.05) is 31.1 Å². The molecule has 146 valence electrons. The molecule has 27 heavy (non-hydrogen) atoms. The van der Waals surface area contributed by atoms with Crippen molar-refractivity contribution in [2.45, 2.75) is 37.4 Å². The Morgan fingerprint density at radius 2 is 1.74 bits per heavy atom. The predicted octanol–water partition coefficient (Wildman–Crippen LogP) is 3.18. The molecule has 2 aliphatic rings. The van der Waals surface area contributed by atoms with E-state index >= 15 is 0 Å². The van der Waals surface area contributed by atoms with Crippen LogP contribution in [-0.2, 0) is 16.4 Å². The zero-order chi connectivity index (χ0) is 18.9. The monoisotopic (exact) mass is 426 g/mol. The van der Waals surface area contributed by atoms with E-state index in [9.17, 15) is 8.42 Å². The van der Waals surface area contributed by atoms with E-state index < -0.39 is 10.0 Å². The van der Waals surface area contributed by atoms with E-state index in [1.807, 2.05) is 24.3 Å². The van der Waals surface area contributed by atoms with Gasteiger partial charge in [0, 0.05) is 49.2 Å². The molecule has 0 amide bonds. The maximum absolute atomic E-state index is 12.7.